The summed E-state index contributed by atoms with van der Waals surface area (Å²) in [5.74, 6) is 1.31. The Labute approximate surface area is 132 Å². The van der Waals surface area contributed by atoms with E-state index >= 15 is 0 Å². The molecule has 3 heteroatoms. The van der Waals surface area contributed by atoms with Gasteiger partial charge in [-0.25, -0.2) is 0 Å². The van der Waals surface area contributed by atoms with Gasteiger partial charge >= 0.3 is 0 Å². The van der Waals surface area contributed by atoms with Crippen LogP contribution >= 0.6 is 15.9 Å². The van der Waals surface area contributed by atoms with Crippen LogP contribution in [0.4, 0.5) is 0 Å². The first-order valence-corrected chi connectivity index (χ1v) is 8.41. The van der Waals surface area contributed by atoms with E-state index in [0.29, 0.717) is 11.8 Å². The minimum atomic E-state index is 0.649. The molecule has 2 unspecified atom stereocenters. The molecule has 0 bridgehead atoms. The molecule has 2 atom stereocenters. The highest BCUT2D eigenvalue weighted by Crippen LogP contribution is 2.24. The second kappa shape index (κ2) is 10.4. The smallest absolute Gasteiger partial charge is 0.0464 e. The lowest BCUT2D eigenvalue weighted by Gasteiger charge is -2.25. The molecular formula is C17H28BrNO. The van der Waals surface area contributed by atoms with Crippen LogP contribution in [0.25, 0.3) is 0 Å². The van der Waals surface area contributed by atoms with Crippen LogP contribution in [-0.2, 0) is 11.2 Å². The SMILES string of the molecule is CCCNCC(Cc1ccccc1Br)C(C)CCOC. The van der Waals surface area contributed by atoms with Gasteiger partial charge in [-0.05, 0) is 55.8 Å². The summed E-state index contributed by atoms with van der Waals surface area (Å²) >= 11 is 3.66. The number of methoxy groups -OCH3 is 1. The fourth-order valence-corrected chi connectivity index (χ4v) is 2.87. The molecule has 20 heavy (non-hydrogen) atoms. The van der Waals surface area contributed by atoms with E-state index in [1.807, 2.05) is 0 Å². The highest BCUT2D eigenvalue weighted by molar-refractivity contribution is 9.10. The first-order valence-electron chi connectivity index (χ1n) is 7.62. The van der Waals surface area contributed by atoms with E-state index in [2.05, 4.69) is 59.4 Å². The Balaban J connectivity index is 2.63. The zero-order valence-corrected chi connectivity index (χ0v) is 14.6. The lowest BCUT2D eigenvalue weighted by Crippen LogP contribution is -2.30. The Morgan fingerprint density at radius 3 is 2.70 bits per heavy atom. The fourth-order valence-electron chi connectivity index (χ4n) is 2.42. The molecule has 2 nitrogen and oxygen atoms in total. The van der Waals surface area contributed by atoms with E-state index in [0.717, 1.165) is 32.5 Å². The molecule has 1 rings (SSSR count). The van der Waals surface area contributed by atoms with Crippen LogP contribution < -0.4 is 5.32 Å². The van der Waals surface area contributed by atoms with Crippen LogP contribution in [0.2, 0.25) is 0 Å². The van der Waals surface area contributed by atoms with Crippen LogP contribution in [0.5, 0.6) is 0 Å². The van der Waals surface area contributed by atoms with Gasteiger partial charge in [0.2, 0.25) is 0 Å². The Morgan fingerprint density at radius 1 is 1.30 bits per heavy atom. The molecule has 1 N–H and O–H groups in total. The van der Waals surface area contributed by atoms with E-state index in [9.17, 15) is 0 Å². The maximum absolute atomic E-state index is 5.23. The maximum Gasteiger partial charge on any atom is 0.0464 e. The average molecular weight is 342 g/mol. The van der Waals surface area contributed by atoms with Crippen molar-refractivity contribution in [1.82, 2.24) is 5.32 Å². The van der Waals surface area contributed by atoms with E-state index in [4.69, 9.17) is 4.74 Å². The number of nitrogens with one attached hydrogen (secondary N) is 1. The summed E-state index contributed by atoms with van der Waals surface area (Å²) in [7, 11) is 1.78. The number of benzene rings is 1. The quantitative estimate of drug-likeness (QED) is 0.641. The lowest BCUT2D eigenvalue weighted by atomic mass is 9.86. The Morgan fingerprint density at radius 2 is 2.05 bits per heavy atom. The summed E-state index contributed by atoms with van der Waals surface area (Å²) in [6, 6.07) is 8.55. The predicted molar refractivity (Wildman–Crippen MR) is 90.2 cm³/mol. The van der Waals surface area contributed by atoms with Crippen LogP contribution in [-0.4, -0.2) is 26.8 Å². The monoisotopic (exact) mass is 341 g/mol. The van der Waals surface area contributed by atoms with Gasteiger partial charge in [0, 0.05) is 18.2 Å². The summed E-state index contributed by atoms with van der Waals surface area (Å²) in [5.41, 5.74) is 1.40. The molecule has 0 amide bonds. The standard InChI is InChI=1S/C17H28BrNO/c1-4-10-19-13-16(14(2)9-11-20-3)12-15-7-5-6-8-17(15)18/h5-8,14,16,19H,4,9-13H2,1-3H3. The highest BCUT2D eigenvalue weighted by atomic mass is 79.9. The molecule has 0 spiro atoms. The number of hydrogen-bond donors (Lipinski definition) is 1. The topological polar surface area (TPSA) is 21.3 Å². The molecule has 0 aliphatic rings. The third-order valence-corrected chi connectivity index (χ3v) is 4.63. The van der Waals surface area contributed by atoms with Gasteiger partial charge in [0.1, 0.15) is 0 Å². The summed E-state index contributed by atoms with van der Waals surface area (Å²) in [5, 5.41) is 3.58. The zero-order chi connectivity index (χ0) is 14.8. The molecule has 114 valence electrons. The molecule has 0 heterocycles. The molecule has 0 aliphatic heterocycles. The summed E-state index contributed by atoms with van der Waals surface area (Å²) in [6.45, 7) is 7.59. The number of rotatable bonds is 10. The normalized spacial score (nSPS) is 14.2. The highest BCUT2D eigenvalue weighted by Gasteiger charge is 2.18. The largest absolute Gasteiger partial charge is 0.385 e. The van der Waals surface area contributed by atoms with Gasteiger partial charge in [-0.3, -0.25) is 0 Å². The minimum absolute atomic E-state index is 0.649. The van der Waals surface area contributed by atoms with Gasteiger partial charge in [0.25, 0.3) is 0 Å². The molecule has 0 saturated heterocycles. The molecule has 0 aliphatic carbocycles. The predicted octanol–water partition coefficient (Wildman–Crippen LogP) is 4.28. The van der Waals surface area contributed by atoms with Gasteiger partial charge < -0.3 is 10.1 Å². The van der Waals surface area contributed by atoms with Gasteiger partial charge in [-0.1, -0.05) is 48.0 Å². The summed E-state index contributed by atoms with van der Waals surface area (Å²) < 4.78 is 6.45. The number of ether oxygens (including phenoxy) is 1. The number of halogens is 1. The van der Waals surface area contributed by atoms with E-state index < -0.39 is 0 Å². The van der Waals surface area contributed by atoms with Crippen molar-refractivity contribution in [2.45, 2.75) is 33.1 Å². The number of hydrogen-bond acceptors (Lipinski definition) is 2. The van der Waals surface area contributed by atoms with Crippen molar-refractivity contribution in [2.24, 2.45) is 11.8 Å². The zero-order valence-electron chi connectivity index (χ0n) is 13.0. The summed E-state index contributed by atoms with van der Waals surface area (Å²) in [4.78, 5) is 0. The molecule has 0 fully saturated rings. The van der Waals surface area contributed by atoms with Gasteiger partial charge in [-0.15, -0.1) is 0 Å². The van der Waals surface area contributed by atoms with Crippen LogP contribution in [0.1, 0.15) is 32.3 Å². The Bertz CT molecular complexity index is 370. The van der Waals surface area contributed by atoms with Crippen LogP contribution in [0, 0.1) is 11.8 Å². The van der Waals surface area contributed by atoms with Gasteiger partial charge in [0.05, 0.1) is 0 Å². The first kappa shape index (κ1) is 17.7. The van der Waals surface area contributed by atoms with Crippen molar-refractivity contribution >= 4 is 15.9 Å². The molecular weight excluding hydrogens is 314 g/mol. The van der Waals surface area contributed by atoms with Crippen molar-refractivity contribution in [2.75, 3.05) is 26.8 Å². The third-order valence-electron chi connectivity index (χ3n) is 3.86. The van der Waals surface area contributed by atoms with Gasteiger partial charge in [-0.2, -0.15) is 0 Å². The van der Waals surface area contributed by atoms with E-state index in [1.54, 1.807) is 7.11 Å². The van der Waals surface area contributed by atoms with E-state index in [-0.39, 0.29) is 0 Å². The first-order chi connectivity index (χ1) is 9.69. The van der Waals surface area contributed by atoms with Crippen molar-refractivity contribution in [3.05, 3.63) is 34.3 Å². The van der Waals surface area contributed by atoms with Crippen molar-refractivity contribution < 1.29 is 4.74 Å². The molecule has 0 saturated carbocycles. The Hall–Kier alpha value is -0.380. The fraction of sp³-hybridized carbons (Fsp3) is 0.647. The molecule has 0 radical (unpaired) electrons. The van der Waals surface area contributed by atoms with E-state index in [1.165, 1.54) is 16.5 Å². The third kappa shape index (κ3) is 6.38. The van der Waals surface area contributed by atoms with Crippen LogP contribution in [0.3, 0.4) is 0 Å². The van der Waals surface area contributed by atoms with Crippen molar-refractivity contribution in [3.8, 4) is 0 Å². The molecule has 0 aromatic heterocycles. The van der Waals surface area contributed by atoms with Crippen molar-refractivity contribution in [1.29, 1.82) is 0 Å². The van der Waals surface area contributed by atoms with Crippen LogP contribution in [0.15, 0.2) is 28.7 Å². The average Bonchev–Trinajstić information content (AvgIpc) is 2.46. The van der Waals surface area contributed by atoms with Gasteiger partial charge in [0.15, 0.2) is 0 Å². The Kier molecular flexibility index (Phi) is 9.16. The maximum atomic E-state index is 5.23. The molecule has 1 aromatic carbocycles. The minimum Gasteiger partial charge on any atom is -0.385 e. The lowest BCUT2D eigenvalue weighted by molar-refractivity contribution is 0.164. The molecule has 1 aromatic rings. The van der Waals surface area contributed by atoms with Crippen molar-refractivity contribution in [3.63, 3.8) is 0 Å². The summed E-state index contributed by atoms with van der Waals surface area (Å²) in [6.07, 6.45) is 3.43. The second-order valence-corrected chi connectivity index (χ2v) is 6.37. The second-order valence-electron chi connectivity index (χ2n) is 5.52.